The van der Waals surface area contributed by atoms with Crippen LogP contribution in [-0.4, -0.2) is 34.9 Å². The average Bonchev–Trinajstić information content (AvgIpc) is 2.93. The van der Waals surface area contributed by atoms with Crippen LogP contribution in [0.5, 0.6) is 0 Å². The summed E-state index contributed by atoms with van der Waals surface area (Å²) in [5.41, 5.74) is 1.74. The zero-order chi connectivity index (χ0) is 14.0. The van der Waals surface area contributed by atoms with Gasteiger partial charge in [0.1, 0.15) is 5.65 Å². The first kappa shape index (κ1) is 18.7. The summed E-state index contributed by atoms with van der Waals surface area (Å²) in [6, 6.07) is 3.68. The van der Waals surface area contributed by atoms with Gasteiger partial charge >= 0.3 is 0 Å². The first-order chi connectivity index (χ1) is 9.66. The van der Waals surface area contributed by atoms with Crippen LogP contribution < -0.4 is 10.6 Å². The number of carbonyl (C=O) groups is 1. The molecule has 0 radical (unpaired) electrons. The van der Waals surface area contributed by atoms with Gasteiger partial charge in [0, 0.05) is 25.1 Å². The Morgan fingerprint density at radius 1 is 1.36 bits per heavy atom. The number of rotatable bonds is 3. The first-order valence-corrected chi connectivity index (χ1v) is 7.08. The van der Waals surface area contributed by atoms with Crippen molar-refractivity contribution in [3.8, 4) is 0 Å². The van der Waals surface area contributed by atoms with E-state index in [1.165, 1.54) is 0 Å². The molecular formula is C15H22Cl2N4O. The molecule has 122 valence electrons. The maximum atomic E-state index is 12.2. The second kappa shape index (κ2) is 7.81. The highest BCUT2D eigenvalue weighted by molar-refractivity contribution is 5.94. The van der Waals surface area contributed by atoms with Crippen LogP contribution in [0, 0.1) is 5.41 Å². The van der Waals surface area contributed by atoms with Gasteiger partial charge < -0.3 is 15.0 Å². The summed E-state index contributed by atoms with van der Waals surface area (Å²) in [6.07, 6.45) is 7.61. The molecule has 1 fully saturated rings. The largest absolute Gasteiger partial charge is 0.351 e. The summed E-state index contributed by atoms with van der Waals surface area (Å²) >= 11 is 0. The Bertz CT molecular complexity index is 623. The Kier molecular flexibility index (Phi) is 6.66. The molecule has 1 aliphatic rings. The van der Waals surface area contributed by atoms with Crippen LogP contribution in [0.4, 0.5) is 0 Å². The molecule has 1 amide bonds. The fraction of sp³-hybridized carbons (Fsp3) is 0.467. The molecule has 5 nitrogen and oxygen atoms in total. The lowest BCUT2D eigenvalue weighted by molar-refractivity contribution is 0.0922. The molecular weight excluding hydrogens is 323 g/mol. The van der Waals surface area contributed by atoms with Crippen LogP contribution in [0.15, 0.2) is 30.7 Å². The standard InChI is InChI=1S/C15H20N4O.2ClH/c1-15(4-6-16-7-5-15)11-18-14(20)12-2-3-13-17-8-9-19(13)10-12;;/h2-3,8-10,16H,4-7,11H2,1H3,(H,18,20);2*1H. The molecule has 2 aromatic rings. The van der Waals surface area contributed by atoms with Crippen molar-refractivity contribution in [2.45, 2.75) is 19.8 Å². The van der Waals surface area contributed by atoms with Gasteiger partial charge in [-0.3, -0.25) is 4.79 Å². The molecule has 7 heteroatoms. The predicted octanol–water partition coefficient (Wildman–Crippen LogP) is 2.30. The average molecular weight is 345 g/mol. The van der Waals surface area contributed by atoms with Crippen LogP contribution in [0.1, 0.15) is 30.1 Å². The number of nitrogens with zero attached hydrogens (tertiary/aromatic N) is 2. The van der Waals surface area contributed by atoms with Crippen molar-refractivity contribution in [2.24, 2.45) is 5.41 Å². The third-order valence-electron chi connectivity index (χ3n) is 4.14. The maximum Gasteiger partial charge on any atom is 0.252 e. The Morgan fingerprint density at radius 2 is 2.09 bits per heavy atom. The van der Waals surface area contributed by atoms with Crippen molar-refractivity contribution in [2.75, 3.05) is 19.6 Å². The minimum atomic E-state index is -0.0136. The summed E-state index contributed by atoms with van der Waals surface area (Å²) in [5, 5.41) is 6.42. The SMILES string of the molecule is CC1(CNC(=O)c2ccc3nccn3c2)CCNCC1.Cl.Cl. The van der Waals surface area contributed by atoms with E-state index in [2.05, 4.69) is 22.5 Å². The molecule has 0 saturated carbocycles. The molecule has 3 rings (SSSR count). The molecule has 0 unspecified atom stereocenters. The second-order valence-electron chi connectivity index (χ2n) is 5.85. The van der Waals surface area contributed by atoms with Crippen LogP contribution in [-0.2, 0) is 0 Å². The molecule has 0 spiro atoms. The van der Waals surface area contributed by atoms with Gasteiger partial charge in [-0.1, -0.05) is 6.92 Å². The molecule has 2 aromatic heterocycles. The summed E-state index contributed by atoms with van der Waals surface area (Å²) in [4.78, 5) is 16.4. The Labute approximate surface area is 142 Å². The number of pyridine rings is 1. The van der Waals surface area contributed by atoms with Crippen LogP contribution >= 0.6 is 24.8 Å². The van der Waals surface area contributed by atoms with Gasteiger partial charge in [-0.05, 0) is 43.5 Å². The highest BCUT2D eigenvalue weighted by atomic mass is 35.5. The topological polar surface area (TPSA) is 58.4 Å². The fourth-order valence-corrected chi connectivity index (χ4v) is 2.66. The van der Waals surface area contributed by atoms with Crippen LogP contribution in [0.25, 0.3) is 5.65 Å². The summed E-state index contributed by atoms with van der Waals surface area (Å²) in [7, 11) is 0. The number of fused-ring (bicyclic) bond motifs is 1. The van der Waals surface area contributed by atoms with E-state index in [9.17, 15) is 4.79 Å². The fourth-order valence-electron chi connectivity index (χ4n) is 2.66. The number of hydrogen-bond acceptors (Lipinski definition) is 3. The zero-order valence-electron chi connectivity index (χ0n) is 12.5. The van der Waals surface area contributed by atoms with E-state index in [-0.39, 0.29) is 36.1 Å². The number of hydrogen-bond donors (Lipinski definition) is 2. The lowest BCUT2D eigenvalue weighted by Gasteiger charge is -2.34. The van der Waals surface area contributed by atoms with E-state index in [1.807, 2.05) is 28.9 Å². The minimum Gasteiger partial charge on any atom is -0.351 e. The highest BCUT2D eigenvalue weighted by Crippen LogP contribution is 2.26. The zero-order valence-corrected chi connectivity index (χ0v) is 14.2. The Morgan fingerprint density at radius 3 is 2.82 bits per heavy atom. The van der Waals surface area contributed by atoms with Gasteiger partial charge in [-0.15, -0.1) is 24.8 Å². The van der Waals surface area contributed by atoms with E-state index < -0.39 is 0 Å². The number of halogens is 2. The van der Waals surface area contributed by atoms with E-state index in [4.69, 9.17) is 0 Å². The van der Waals surface area contributed by atoms with Crippen molar-refractivity contribution < 1.29 is 4.79 Å². The third kappa shape index (κ3) is 4.12. The van der Waals surface area contributed by atoms with E-state index in [0.29, 0.717) is 5.56 Å². The molecule has 0 aliphatic carbocycles. The van der Waals surface area contributed by atoms with Crippen molar-refractivity contribution in [3.63, 3.8) is 0 Å². The number of piperidine rings is 1. The molecule has 0 bridgehead atoms. The van der Waals surface area contributed by atoms with Crippen molar-refractivity contribution >= 4 is 36.4 Å². The lowest BCUT2D eigenvalue weighted by Crippen LogP contribution is -2.42. The van der Waals surface area contributed by atoms with Gasteiger partial charge in [0.25, 0.3) is 5.91 Å². The molecule has 2 N–H and O–H groups in total. The van der Waals surface area contributed by atoms with Crippen LogP contribution in [0.2, 0.25) is 0 Å². The Hall–Kier alpha value is -1.30. The van der Waals surface area contributed by atoms with Gasteiger partial charge in [0.05, 0.1) is 5.56 Å². The van der Waals surface area contributed by atoms with Crippen molar-refractivity contribution in [3.05, 3.63) is 36.3 Å². The molecule has 3 heterocycles. The predicted molar refractivity (Wildman–Crippen MR) is 92.2 cm³/mol. The smallest absolute Gasteiger partial charge is 0.252 e. The highest BCUT2D eigenvalue weighted by Gasteiger charge is 2.27. The van der Waals surface area contributed by atoms with E-state index in [0.717, 1.165) is 38.1 Å². The monoisotopic (exact) mass is 344 g/mol. The maximum absolute atomic E-state index is 12.2. The van der Waals surface area contributed by atoms with Gasteiger partial charge in [-0.25, -0.2) is 4.98 Å². The summed E-state index contributed by atoms with van der Waals surface area (Å²) in [5.74, 6) is -0.0136. The van der Waals surface area contributed by atoms with E-state index >= 15 is 0 Å². The molecule has 1 saturated heterocycles. The van der Waals surface area contributed by atoms with Crippen molar-refractivity contribution in [1.29, 1.82) is 0 Å². The van der Waals surface area contributed by atoms with Gasteiger partial charge in [0.15, 0.2) is 0 Å². The molecule has 0 atom stereocenters. The number of imidazole rings is 1. The first-order valence-electron chi connectivity index (χ1n) is 7.08. The number of nitrogens with one attached hydrogen (secondary N) is 2. The number of carbonyl (C=O) groups excluding carboxylic acids is 1. The summed E-state index contributed by atoms with van der Waals surface area (Å²) < 4.78 is 1.86. The lowest BCUT2D eigenvalue weighted by atomic mass is 9.81. The second-order valence-corrected chi connectivity index (χ2v) is 5.85. The Balaban J connectivity index is 0.00000121. The van der Waals surface area contributed by atoms with Gasteiger partial charge in [0.2, 0.25) is 0 Å². The number of aromatic nitrogens is 2. The van der Waals surface area contributed by atoms with Crippen molar-refractivity contribution in [1.82, 2.24) is 20.0 Å². The third-order valence-corrected chi connectivity index (χ3v) is 4.14. The molecule has 0 aromatic carbocycles. The molecule has 22 heavy (non-hydrogen) atoms. The summed E-state index contributed by atoms with van der Waals surface area (Å²) in [6.45, 7) is 5.05. The minimum absolute atomic E-state index is 0. The van der Waals surface area contributed by atoms with Crippen LogP contribution in [0.3, 0.4) is 0 Å². The van der Waals surface area contributed by atoms with Gasteiger partial charge in [-0.2, -0.15) is 0 Å². The normalized spacial score (nSPS) is 16.4. The number of amides is 1. The molecule has 1 aliphatic heterocycles. The van der Waals surface area contributed by atoms with E-state index in [1.54, 1.807) is 6.20 Å². The quantitative estimate of drug-likeness (QED) is 0.898.